The molecule has 1 fully saturated rings. The fourth-order valence-corrected chi connectivity index (χ4v) is 3.00. The third-order valence-electron chi connectivity index (χ3n) is 5.55. The summed E-state index contributed by atoms with van der Waals surface area (Å²) < 4.78 is 0. The first-order valence-corrected chi connectivity index (χ1v) is 8.27. The Balaban J connectivity index is 2.75. The van der Waals surface area contributed by atoms with Gasteiger partial charge >= 0.3 is 0 Å². The standard InChI is InChI=1S/C17H36N2/c1-8-15-11-18-17(9-2,10-3)13-19(15)12-14(4)16(5,6)7/h14-15,18H,8-13H2,1-7H3. The summed E-state index contributed by atoms with van der Waals surface area (Å²) in [5, 5.41) is 3.83. The van der Waals surface area contributed by atoms with Gasteiger partial charge in [0, 0.05) is 31.2 Å². The molecule has 0 amide bonds. The summed E-state index contributed by atoms with van der Waals surface area (Å²) in [4.78, 5) is 2.76. The predicted octanol–water partition coefficient (Wildman–Crippen LogP) is 3.91. The Bertz CT molecular complexity index is 263. The van der Waals surface area contributed by atoms with Crippen molar-refractivity contribution in [2.24, 2.45) is 11.3 Å². The molecular weight excluding hydrogens is 232 g/mol. The quantitative estimate of drug-likeness (QED) is 0.813. The molecule has 2 unspecified atom stereocenters. The summed E-state index contributed by atoms with van der Waals surface area (Å²) >= 11 is 0. The summed E-state index contributed by atoms with van der Waals surface area (Å²) in [6.07, 6.45) is 3.73. The van der Waals surface area contributed by atoms with Crippen LogP contribution in [0, 0.1) is 11.3 Å². The van der Waals surface area contributed by atoms with Crippen LogP contribution in [-0.2, 0) is 0 Å². The first kappa shape index (κ1) is 17.0. The topological polar surface area (TPSA) is 15.3 Å². The van der Waals surface area contributed by atoms with Crippen LogP contribution in [0.25, 0.3) is 0 Å². The van der Waals surface area contributed by atoms with E-state index in [4.69, 9.17) is 0 Å². The third kappa shape index (κ3) is 4.19. The van der Waals surface area contributed by atoms with Crippen LogP contribution in [-0.4, -0.2) is 36.1 Å². The normalized spacial score (nSPS) is 26.4. The summed E-state index contributed by atoms with van der Waals surface area (Å²) in [5.74, 6) is 0.742. The van der Waals surface area contributed by atoms with Crippen LogP contribution >= 0.6 is 0 Å². The van der Waals surface area contributed by atoms with E-state index in [2.05, 4.69) is 58.7 Å². The molecule has 2 atom stereocenters. The van der Waals surface area contributed by atoms with Gasteiger partial charge in [-0.1, -0.05) is 48.5 Å². The van der Waals surface area contributed by atoms with Gasteiger partial charge in [-0.05, 0) is 30.6 Å². The van der Waals surface area contributed by atoms with Crippen LogP contribution in [0.4, 0.5) is 0 Å². The summed E-state index contributed by atoms with van der Waals surface area (Å²) in [6.45, 7) is 20.1. The van der Waals surface area contributed by atoms with Gasteiger partial charge in [-0.2, -0.15) is 0 Å². The maximum absolute atomic E-state index is 3.83. The third-order valence-corrected chi connectivity index (χ3v) is 5.55. The van der Waals surface area contributed by atoms with Gasteiger partial charge in [-0.3, -0.25) is 4.90 Å². The molecule has 1 aliphatic rings. The molecule has 1 rings (SSSR count). The van der Waals surface area contributed by atoms with Crippen molar-refractivity contribution in [3.05, 3.63) is 0 Å². The van der Waals surface area contributed by atoms with Crippen molar-refractivity contribution in [3.8, 4) is 0 Å². The van der Waals surface area contributed by atoms with Crippen molar-refractivity contribution >= 4 is 0 Å². The van der Waals surface area contributed by atoms with Crippen molar-refractivity contribution in [1.82, 2.24) is 10.2 Å². The highest BCUT2D eigenvalue weighted by atomic mass is 15.3. The average Bonchev–Trinajstić information content (AvgIpc) is 2.37. The average molecular weight is 268 g/mol. The second kappa shape index (κ2) is 6.58. The van der Waals surface area contributed by atoms with Crippen molar-refractivity contribution < 1.29 is 0 Å². The molecule has 0 aromatic rings. The fraction of sp³-hybridized carbons (Fsp3) is 1.00. The molecule has 114 valence electrons. The maximum atomic E-state index is 3.83. The number of nitrogens with zero attached hydrogens (tertiary/aromatic N) is 1. The monoisotopic (exact) mass is 268 g/mol. The Labute approximate surface area is 121 Å². The molecule has 0 saturated carbocycles. The molecule has 1 heterocycles. The molecule has 0 aromatic heterocycles. The van der Waals surface area contributed by atoms with Crippen LogP contribution in [0.15, 0.2) is 0 Å². The van der Waals surface area contributed by atoms with Gasteiger partial charge in [0.25, 0.3) is 0 Å². The number of hydrogen-bond acceptors (Lipinski definition) is 2. The highest BCUT2D eigenvalue weighted by molar-refractivity contribution is 4.97. The zero-order valence-electron chi connectivity index (χ0n) is 14.3. The van der Waals surface area contributed by atoms with Gasteiger partial charge in [0.2, 0.25) is 0 Å². The Morgan fingerprint density at radius 1 is 1.21 bits per heavy atom. The first-order valence-electron chi connectivity index (χ1n) is 8.27. The van der Waals surface area contributed by atoms with Gasteiger partial charge in [0.05, 0.1) is 0 Å². The molecule has 1 N–H and O–H groups in total. The first-order chi connectivity index (χ1) is 8.78. The smallest absolute Gasteiger partial charge is 0.0304 e. The number of piperazine rings is 1. The molecule has 1 saturated heterocycles. The minimum atomic E-state index is 0.350. The lowest BCUT2D eigenvalue weighted by Gasteiger charge is -2.49. The molecule has 0 aromatic carbocycles. The number of nitrogens with one attached hydrogen (secondary N) is 1. The van der Waals surface area contributed by atoms with E-state index in [0.717, 1.165) is 18.5 Å². The minimum Gasteiger partial charge on any atom is -0.308 e. The van der Waals surface area contributed by atoms with Gasteiger partial charge in [0.15, 0.2) is 0 Å². The number of hydrogen-bond donors (Lipinski definition) is 1. The molecule has 0 radical (unpaired) electrons. The Morgan fingerprint density at radius 2 is 1.79 bits per heavy atom. The molecular formula is C17H36N2. The largest absolute Gasteiger partial charge is 0.308 e. The maximum Gasteiger partial charge on any atom is 0.0304 e. The lowest BCUT2D eigenvalue weighted by atomic mass is 9.80. The fourth-order valence-electron chi connectivity index (χ4n) is 3.00. The molecule has 0 bridgehead atoms. The summed E-state index contributed by atoms with van der Waals surface area (Å²) in [6, 6.07) is 0.719. The minimum absolute atomic E-state index is 0.350. The molecule has 0 aliphatic carbocycles. The highest BCUT2D eigenvalue weighted by Crippen LogP contribution is 2.30. The number of rotatable bonds is 5. The Kier molecular flexibility index (Phi) is 5.88. The molecule has 1 aliphatic heterocycles. The second-order valence-electron chi connectivity index (χ2n) is 7.63. The van der Waals surface area contributed by atoms with Crippen LogP contribution in [0.2, 0.25) is 0 Å². The van der Waals surface area contributed by atoms with E-state index < -0.39 is 0 Å². The van der Waals surface area contributed by atoms with Crippen molar-refractivity contribution in [2.75, 3.05) is 19.6 Å². The lowest BCUT2D eigenvalue weighted by Crippen LogP contribution is -2.64. The molecule has 19 heavy (non-hydrogen) atoms. The van der Waals surface area contributed by atoms with Gasteiger partial charge in [-0.15, -0.1) is 0 Å². The van der Waals surface area contributed by atoms with Crippen molar-refractivity contribution in [1.29, 1.82) is 0 Å². The van der Waals surface area contributed by atoms with Crippen molar-refractivity contribution in [3.63, 3.8) is 0 Å². The summed E-state index contributed by atoms with van der Waals surface area (Å²) in [5.41, 5.74) is 0.757. The van der Waals surface area contributed by atoms with Crippen LogP contribution in [0.5, 0.6) is 0 Å². The van der Waals surface area contributed by atoms with Crippen LogP contribution in [0.1, 0.15) is 67.7 Å². The summed E-state index contributed by atoms with van der Waals surface area (Å²) in [7, 11) is 0. The van der Waals surface area contributed by atoms with E-state index in [9.17, 15) is 0 Å². The Morgan fingerprint density at radius 3 is 2.21 bits per heavy atom. The van der Waals surface area contributed by atoms with E-state index in [-0.39, 0.29) is 0 Å². The van der Waals surface area contributed by atoms with Crippen LogP contribution < -0.4 is 5.32 Å². The van der Waals surface area contributed by atoms with E-state index in [1.165, 1.54) is 32.4 Å². The molecule has 2 heteroatoms. The van der Waals surface area contributed by atoms with Crippen molar-refractivity contribution in [2.45, 2.75) is 79.3 Å². The second-order valence-corrected chi connectivity index (χ2v) is 7.63. The van der Waals surface area contributed by atoms with Gasteiger partial charge in [0.1, 0.15) is 0 Å². The Hall–Kier alpha value is -0.0800. The van der Waals surface area contributed by atoms with E-state index in [1.807, 2.05) is 0 Å². The van der Waals surface area contributed by atoms with E-state index >= 15 is 0 Å². The highest BCUT2D eigenvalue weighted by Gasteiger charge is 2.37. The SMILES string of the molecule is CCC1CNC(CC)(CC)CN1CC(C)C(C)(C)C. The van der Waals surface area contributed by atoms with Gasteiger partial charge < -0.3 is 5.32 Å². The predicted molar refractivity (Wildman–Crippen MR) is 85.6 cm³/mol. The zero-order valence-corrected chi connectivity index (χ0v) is 14.3. The van der Waals surface area contributed by atoms with E-state index in [1.54, 1.807) is 0 Å². The molecule has 0 spiro atoms. The molecule has 2 nitrogen and oxygen atoms in total. The zero-order chi connectivity index (χ0) is 14.7. The van der Waals surface area contributed by atoms with Gasteiger partial charge in [-0.25, -0.2) is 0 Å². The lowest BCUT2D eigenvalue weighted by molar-refractivity contribution is 0.0422. The van der Waals surface area contributed by atoms with E-state index in [0.29, 0.717) is 11.0 Å². The van der Waals surface area contributed by atoms with Crippen LogP contribution in [0.3, 0.4) is 0 Å².